The molecule has 4 rings (SSSR count). The SMILES string of the molecule is O=C(Nc1cccc(Br)c1)c1ccc(CNC2=C(Cl)C(=O)N(Cc3ccccc3)C2=O)cc1. The van der Waals surface area contributed by atoms with E-state index in [2.05, 4.69) is 26.6 Å². The van der Waals surface area contributed by atoms with Crippen molar-refractivity contribution in [3.8, 4) is 0 Å². The fourth-order valence-corrected chi connectivity index (χ4v) is 3.99. The lowest BCUT2D eigenvalue weighted by Crippen LogP contribution is -2.33. The van der Waals surface area contributed by atoms with Crippen LogP contribution < -0.4 is 10.6 Å². The first kappa shape index (κ1) is 22.8. The summed E-state index contributed by atoms with van der Waals surface area (Å²) in [5, 5.41) is 5.68. The number of hydrogen-bond donors (Lipinski definition) is 2. The van der Waals surface area contributed by atoms with E-state index in [-0.39, 0.29) is 29.7 Å². The van der Waals surface area contributed by atoms with Crippen LogP contribution in [0.1, 0.15) is 21.5 Å². The molecule has 0 aliphatic carbocycles. The molecular formula is C25H19BrClN3O3. The number of rotatable bonds is 7. The van der Waals surface area contributed by atoms with Crippen molar-refractivity contribution in [1.29, 1.82) is 0 Å². The first-order valence-electron chi connectivity index (χ1n) is 10.1. The van der Waals surface area contributed by atoms with Gasteiger partial charge in [-0.15, -0.1) is 0 Å². The normalized spacial score (nSPS) is 13.5. The number of carbonyl (C=O) groups excluding carboxylic acids is 3. The summed E-state index contributed by atoms with van der Waals surface area (Å²) >= 11 is 9.53. The van der Waals surface area contributed by atoms with E-state index in [9.17, 15) is 14.4 Å². The summed E-state index contributed by atoms with van der Waals surface area (Å²) in [6, 6.07) is 23.5. The number of nitrogens with one attached hydrogen (secondary N) is 2. The van der Waals surface area contributed by atoms with Gasteiger partial charge in [-0.1, -0.05) is 76.1 Å². The predicted octanol–water partition coefficient (Wildman–Crippen LogP) is 4.81. The van der Waals surface area contributed by atoms with Gasteiger partial charge in [-0.2, -0.15) is 0 Å². The van der Waals surface area contributed by atoms with Crippen LogP contribution in [0, 0.1) is 0 Å². The van der Waals surface area contributed by atoms with Crippen LogP contribution in [0.2, 0.25) is 0 Å². The fourth-order valence-electron chi connectivity index (χ4n) is 3.34. The van der Waals surface area contributed by atoms with Crippen molar-refractivity contribution >= 4 is 50.9 Å². The Morgan fingerprint density at radius 3 is 2.30 bits per heavy atom. The van der Waals surface area contributed by atoms with Gasteiger partial charge in [-0.05, 0) is 41.5 Å². The van der Waals surface area contributed by atoms with Crippen LogP contribution in [-0.4, -0.2) is 22.6 Å². The van der Waals surface area contributed by atoms with Crippen LogP contribution >= 0.6 is 27.5 Å². The van der Waals surface area contributed by atoms with Crippen LogP contribution in [0.5, 0.6) is 0 Å². The molecule has 3 aromatic rings. The maximum atomic E-state index is 12.7. The van der Waals surface area contributed by atoms with E-state index in [1.807, 2.05) is 48.5 Å². The van der Waals surface area contributed by atoms with Crippen LogP contribution in [0.25, 0.3) is 0 Å². The van der Waals surface area contributed by atoms with Crippen molar-refractivity contribution in [1.82, 2.24) is 10.2 Å². The van der Waals surface area contributed by atoms with Gasteiger partial charge in [0, 0.05) is 22.3 Å². The zero-order chi connectivity index (χ0) is 23.4. The van der Waals surface area contributed by atoms with Gasteiger partial charge in [0.1, 0.15) is 10.7 Å². The van der Waals surface area contributed by atoms with Gasteiger partial charge >= 0.3 is 0 Å². The van der Waals surface area contributed by atoms with Gasteiger partial charge in [-0.3, -0.25) is 19.3 Å². The minimum absolute atomic E-state index is 0.0778. The second-order valence-corrected chi connectivity index (χ2v) is 8.68. The lowest BCUT2D eigenvalue weighted by Gasteiger charge is -2.15. The Morgan fingerprint density at radius 1 is 0.879 bits per heavy atom. The number of hydrogen-bond acceptors (Lipinski definition) is 4. The summed E-state index contributed by atoms with van der Waals surface area (Å²) in [4.78, 5) is 38.8. The summed E-state index contributed by atoms with van der Waals surface area (Å²) < 4.78 is 0.872. The zero-order valence-corrected chi connectivity index (χ0v) is 19.7. The quantitative estimate of drug-likeness (QED) is 0.435. The van der Waals surface area contributed by atoms with E-state index in [1.165, 1.54) is 0 Å². The van der Waals surface area contributed by atoms with E-state index in [4.69, 9.17) is 11.6 Å². The average molecular weight is 525 g/mol. The van der Waals surface area contributed by atoms with E-state index in [0.29, 0.717) is 11.3 Å². The van der Waals surface area contributed by atoms with Crippen LogP contribution in [-0.2, 0) is 22.7 Å². The number of halogens is 2. The second-order valence-electron chi connectivity index (χ2n) is 7.39. The first-order chi connectivity index (χ1) is 15.9. The maximum Gasteiger partial charge on any atom is 0.278 e. The molecule has 8 heteroatoms. The third kappa shape index (κ3) is 5.32. The van der Waals surface area contributed by atoms with Crippen molar-refractivity contribution in [2.24, 2.45) is 0 Å². The van der Waals surface area contributed by atoms with Crippen molar-refractivity contribution in [3.63, 3.8) is 0 Å². The molecule has 3 aromatic carbocycles. The molecule has 0 radical (unpaired) electrons. The number of imide groups is 1. The molecule has 0 saturated heterocycles. The Bertz CT molecular complexity index is 1240. The minimum Gasteiger partial charge on any atom is -0.375 e. The molecule has 1 aliphatic rings. The first-order valence-corrected chi connectivity index (χ1v) is 11.3. The highest BCUT2D eigenvalue weighted by Crippen LogP contribution is 2.24. The van der Waals surface area contributed by atoms with Gasteiger partial charge in [-0.25, -0.2) is 0 Å². The number of amides is 3. The zero-order valence-electron chi connectivity index (χ0n) is 17.3. The van der Waals surface area contributed by atoms with Crippen molar-refractivity contribution in [3.05, 3.63) is 111 Å². The number of carbonyl (C=O) groups is 3. The third-order valence-electron chi connectivity index (χ3n) is 5.06. The van der Waals surface area contributed by atoms with Crippen molar-refractivity contribution in [2.75, 3.05) is 5.32 Å². The molecule has 6 nitrogen and oxygen atoms in total. The smallest absolute Gasteiger partial charge is 0.278 e. The molecule has 0 bridgehead atoms. The molecular weight excluding hydrogens is 506 g/mol. The summed E-state index contributed by atoms with van der Waals surface area (Å²) in [5.41, 5.74) is 2.92. The van der Waals surface area contributed by atoms with Crippen molar-refractivity contribution < 1.29 is 14.4 Å². The molecule has 0 saturated carbocycles. The number of anilines is 1. The highest BCUT2D eigenvalue weighted by atomic mass is 79.9. The lowest BCUT2D eigenvalue weighted by atomic mass is 10.1. The number of nitrogens with zero attached hydrogens (tertiary/aromatic N) is 1. The van der Waals surface area contributed by atoms with Gasteiger partial charge in [0.05, 0.1) is 6.54 Å². The highest BCUT2D eigenvalue weighted by molar-refractivity contribution is 9.10. The average Bonchev–Trinajstić information content (AvgIpc) is 3.01. The Labute approximate surface area is 204 Å². The molecule has 166 valence electrons. The summed E-state index contributed by atoms with van der Waals surface area (Å²) in [6.45, 7) is 0.430. The molecule has 0 unspecified atom stereocenters. The van der Waals surface area contributed by atoms with Gasteiger partial charge in [0.25, 0.3) is 17.7 Å². The van der Waals surface area contributed by atoms with Gasteiger partial charge in [0.15, 0.2) is 0 Å². The van der Waals surface area contributed by atoms with Crippen molar-refractivity contribution in [2.45, 2.75) is 13.1 Å². The molecule has 2 N–H and O–H groups in total. The monoisotopic (exact) mass is 523 g/mol. The molecule has 0 fully saturated rings. The van der Waals surface area contributed by atoms with Crippen LogP contribution in [0.3, 0.4) is 0 Å². The summed E-state index contributed by atoms with van der Waals surface area (Å²) in [6.07, 6.45) is 0. The molecule has 0 atom stereocenters. The predicted molar refractivity (Wildman–Crippen MR) is 130 cm³/mol. The Balaban J connectivity index is 1.37. The van der Waals surface area contributed by atoms with E-state index in [1.54, 1.807) is 30.3 Å². The minimum atomic E-state index is -0.521. The molecule has 0 spiro atoms. The maximum absolute atomic E-state index is 12.7. The van der Waals surface area contributed by atoms with Gasteiger partial charge in [0.2, 0.25) is 0 Å². The number of benzene rings is 3. The van der Waals surface area contributed by atoms with E-state index in [0.717, 1.165) is 20.5 Å². The molecule has 1 aliphatic heterocycles. The molecule has 1 heterocycles. The fraction of sp³-hybridized carbons (Fsp3) is 0.0800. The topological polar surface area (TPSA) is 78.5 Å². The Hall–Kier alpha value is -3.42. The molecule has 33 heavy (non-hydrogen) atoms. The van der Waals surface area contributed by atoms with Crippen LogP contribution in [0.4, 0.5) is 5.69 Å². The van der Waals surface area contributed by atoms with E-state index >= 15 is 0 Å². The third-order valence-corrected chi connectivity index (χ3v) is 5.91. The largest absolute Gasteiger partial charge is 0.375 e. The standard InChI is InChI=1S/C25H19BrClN3O3/c26-19-7-4-8-20(13-19)29-23(31)18-11-9-16(10-12-18)14-28-22-21(27)24(32)30(25(22)33)15-17-5-2-1-3-6-17/h1-13,28H,14-15H2,(H,29,31). The highest BCUT2D eigenvalue weighted by Gasteiger charge is 2.37. The van der Waals surface area contributed by atoms with Crippen LogP contribution in [0.15, 0.2) is 94.1 Å². The second kappa shape index (κ2) is 10.0. The van der Waals surface area contributed by atoms with E-state index < -0.39 is 11.8 Å². The molecule has 3 amide bonds. The summed E-state index contributed by atoms with van der Waals surface area (Å²) in [7, 11) is 0. The molecule has 0 aromatic heterocycles. The van der Waals surface area contributed by atoms with Gasteiger partial charge < -0.3 is 10.6 Å². The summed E-state index contributed by atoms with van der Waals surface area (Å²) in [5.74, 6) is -1.21. The Kier molecular flexibility index (Phi) is 6.91. The Morgan fingerprint density at radius 2 is 1.61 bits per heavy atom. The lowest BCUT2D eigenvalue weighted by molar-refractivity contribution is -0.138.